The number of carbonyl (C=O) groups excluding carboxylic acids is 4. The van der Waals surface area contributed by atoms with Gasteiger partial charge in [0.2, 0.25) is 17.8 Å². The molecule has 0 radical (unpaired) electrons. The van der Waals surface area contributed by atoms with E-state index in [4.69, 9.17) is 9.97 Å². The lowest BCUT2D eigenvalue weighted by Gasteiger charge is -2.27. The second-order valence-corrected chi connectivity index (χ2v) is 15.6. The molecule has 60 heavy (non-hydrogen) atoms. The van der Waals surface area contributed by atoms with Crippen LogP contribution < -0.4 is 26.4 Å². The molecule has 3 aliphatic rings. The van der Waals surface area contributed by atoms with Crippen LogP contribution >= 0.6 is 0 Å². The van der Waals surface area contributed by atoms with Crippen molar-refractivity contribution < 1.29 is 24.3 Å². The lowest BCUT2D eigenvalue weighted by atomic mass is 9.98. The largest absolute Gasteiger partial charge is 0.384 e. The number of anilines is 4. The molecule has 2 aromatic carbocycles. The van der Waals surface area contributed by atoms with Crippen molar-refractivity contribution in [3.8, 4) is 5.82 Å². The Morgan fingerprint density at radius 2 is 1.78 bits per heavy atom. The Morgan fingerprint density at radius 3 is 2.55 bits per heavy atom. The SMILES string of the molecule is C=CCn1c(=O)c2cnc(Nc3ccc(N(C)CCCCCCNc4cccc5c4C(=O)N(C4CCC(=O)NC4=O)C5=O)cc3)nc2n1-c1ccc2c(n1)[C@@](O)(CC)CC2. The van der Waals surface area contributed by atoms with E-state index in [0.29, 0.717) is 53.6 Å². The van der Waals surface area contributed by atoms with Crippen molar-refractivity contribution in [2.24, 2.45) is 0 Å². The number of rotatable bonds is 16. The average molecular weight is 813 g/mol. The summed E-state index contributed by atoms with van der Waals surface area (Å²) in [5.41, 5.74) is 3.68. The number of allylic oxidation sites excluding steroid dienone is 1. The molecular formula is C44H48N10O6. The van der Waals surface area contributed by atoms with Crippen LogP contribution in [0.5, 0.6) is 0 Å². The van der Waals surface area contributed by atoms with Gasteiger partial charge in [-0.05, 0) is 86.6 Å². The van der Waals surface area contributed by atoms with Crippen LogP contribution in [0.25, 0.3) is 16.9 Å². The molecule has 2 aliphatic heterocycles. The maximum absolute atomic E-state index is 13.5. The number of aliphatic hydroxyl groups is 1. The molecule has 16 nitrogen and oxygen atoms in total. The quantitative estimate of drug-likeness (QED) is 0.0595. The van der Waals surface area contributed by atoms with E-state index in [0.717, 1.165) is 60.5 Å². The van der Waals surface area contributed by atoms with Crippen LogP contribution in [-0.4, -0.2) is 84.1 Å². The Morgan fingerprint density at radius 1 is 0.983 bits per heavy atom. The highest BCUT2D eigenvalue weighted by Gasteiger charge is 2.45. The van der Waals surface area contributed by atoms with E-state index in [-0.39, 0.29) is 36.1 Å². The fraction of sp³-hybridized carbons (Fsp3) is 0.364. The molecule has 4 N–H and O–H groups in total. The van der Waals surface area contributed by atoms with E-state index < -0.39 is 35.3 Å². The van der Waals surface area contributed by atoms with Gasteiger partial charge >= 0.3 is 0 Å². The first-order valence-electron chi connectivity index (χ1n) is 20.5. The normalized spacial score (nSPS) is 18.4. The summed E-state index contributed by atoms with van der Waals surface area (Å²) < 4.78 is 3.20. The van der Waals surface area contributed by atoms with E-state index >= 15 is 0 Å². The second-order valence-electron chi connectivity index (χ2n) is 15.6. The highest BCUT2D eigenvalue weighted by Crippen LogP contribution is 2.39. The topological polar surface area (TPSA) is 197 Å². The Balaban J connectivity index is 0.841. The minimum absolute atomic E-state index is 0.0749. The number of unbranched alkanes of at least 4 members (excludes halogenated alkanes) is 3. The standard InChI is InChI=1S/C44H48N10O6/c1-4-24-52-40(57)31-26-46-43(50-38(31)54(52)34-19-13-27-21-22-44(60,5-2)37(27)48-34)47-28-14-16-29(17-15-28)51(3)25-9-7-6-8-23-45-32-12-10-11-30-36(32)42(59)53(41(30)58)33-18-20-35(55)49-39(33)56/h4,10-17,19,26,33,45,60H,1,5-9,18,20-25H2,2-3H3,(H,46,47,50)(H,49,55,56)/t33?,44-/m1/s1. The zero-order valence-electron chi connectivity index (χ0n) is 33.7. The van der Waals surface area contributed by atoms with Gasteiger partial charge in [0, 0.05) is 49.8 Å². The summed E-state index contributed by atoms with van der Waals surface area (Å²) in [6, 6.07) is 15.9. The third-order valence-corrected chi connectivity index (χ3v) is 11.8. The summed E-state index contributed by atoms with van der Waals surface area (Å²) in [4.78, 5) is 81.3. The van der Waals surface area contributed by atoms with Crippen molar-refractivity contribution in [2.75, 3.05) is 35.7 Å². The first-order valence-corrected chi connectivity index (χ1v) is 20.5. The Labute approximate surface area is 346 Å². The molecule has 16 heteroatoms. The van der Waals surface area contributed by atoms with Crippen LogP contribution in [0.3, 0.4) is 0 Å². The number of imide groups is 2. The number of carbonyl (C=O) groups is 4. The van der Waals surface area contributed by atoms with Crippen LogP contribution in [0, 0.1) is 0 Å². The van der Waals surface area contributed by atoms with Gasteiger partial charge in [-0.1, -0.05) is 38.0 Å². The lowest BCUT2D eigenvalue weighted by molar-refractivity contribution is -0.136. The number of aryl methyl sites for hydroxylation is 1. The molecule has 1 fully saturated rings. The molecule has 5 heterocycles. The number of benzene rings is 2. The van der Waals surface area contributed by atoms with Crippen molar-refractivity contribution in [3.05, 3.63) is 106 Å². The van der Waals surface area contributed by atoms with Gasteiger partial charge < -0.3 is 20.6 Å². The highest BCUT2D eigenvalue weighted by molar-refractivity contribution is 6.25. The van der Waals surface area contributed by atoms with E-state index in [1.807, 2.05) is 43.3 Å². The van der Waals surface area contributed by atoms with E-state index in [1.54, 1.807) is 29.0 Å². The Hall–Kier alpha value is -6.68. The number of nitrogens with zero attached hydrogens (tertiary/aromatic N) is 7. The van der Waals surface area contributed by atoms with Gasteiger partial charge in [-0.3, -0.25) is 34.2 Å². The van der Waals surface area contributed by atoms with Gasteiger partial charge in [0.1, 0.15) is 17.0 Å². The Bertz CT molecular complexity index is 2580. The second kappa shape index (κ2) is 16.5. The molecule has 8 rings (SSSR count). The van der Waals surface area contributed by atoms with Gasteiger partial charge in [0.15, 0.2) is 11.5 Å². The van der Waals surface area contributed by atoms with Crippen molar-refractivity contribution in [2.45, 2.75) is 82.9 Å². The van der Waals surface area contributed by atoms with Crippen LogP contribution in [0.1, 0.15) is 90.3 Å². The smallest absolute Gasteiger partial charge is 0.278 e. The molecule has 1 aliphatic carbocycles. The molecule has 0 spiro atoms. The molecule has 5 aromatic rings. The molecule has 1 saturated heterocycles. The summed E-state index contributed by atoms with van der Waals surface area (Å²) in [6.45, 7) is 7.49. The van der Waals surface area contributed by atoms with Gasteiger partial charge in [-0.2, -0.15) is 4.98 Å². The first-order chi connectivity index (χ1) is 29.0. The van der Waals surface area contributed by atoms with Crippen molar-refractivity contribution >= 4 is 57.7 Å². The average Bonchev–Trinajstić information content (AvgIpc) is 3.82. The number of piperidine rings is 1. The maximum atomic E-state index is 13.5. The zero-order chi connectivity index (χ0) is 42.1. The fourth-order valence-electron chi connectivity index (χ4n) is 8.38. The molecule has 310 valence electrons. The highest BCUT2D eigenvalue weighted by atomic mass is 16.3. The lowest BCUT2D eigenvalue weighted by Crippen LogP contribution is -2.54. The summed E-state index contributed by atoms with van der Waals surface area (Å²) in [7, 11) is 2.05. The number of hydrogen-bond donors (Lipinski definition) is 4. The van der Waals surface area contributed by atoms with Crippen LogP contribution in [-0.2, 0) is 28.2 Å². The maximum Gasteiger partial charge on any atom is 0.278 e. The van der Waals surface area contributed by atoms with Gasteiger partial charge in [-0.25, -0.2) is 19.3 Å². The fourth-order valence-corrected chi connectivity index (χ4v) is 8.38. The summed E-state index contributed by atoms with van der Waals surface area (Å²) in [6.07, 6.45) is 9.05. The minimum Gasteiger partial charge on any atom is -0.384 e. The third kappa shape index (κ3) is 7.42. The van der Waals surface area contributed by atoms with E-state index in [2.05, 4.69) is 39.5 Å². The van der Waals surface area contributed by atoms with Gasteiger partial charge in [0.25, 0.3) is 17.4 Å². The minimum atomic E-state index is -1.01. The van der Waals surface area contributed by atoms with Crippen molar-refractivity contribution in [1.29, 1.82) is 0 Å². The summed E-state index contributed by atoms with van der Waals surface area (Å²) in [5.74, 6) is -1.27. The number of aromatic nitrogens is 5. The zero-order valence-corrected chi connectivity index (χ0v) is 33.7. The first kappa shape index (κ1) is 40.1. The summed E-state index contributed by atoms with van der Waals surface area (Å²) in [5, 5.41) is 20.4. The molecule has 0 saturated carbocycles. The molecule has 2 atom stereocenters. The summed E-state index contributed by atoms with van der Waals surface area (Å²) >= 11 is 0. The van der Waals surface area contributed by atoms with Crippen LogP contribution in [0.4, 0.5) is 23.0 Å². The molecular weight excluding hydrogens is 765 g/mol. The van der Waals surface area contributed by atoms with Crippen LogP contribution in [0.15, 0.2) is 78.2 Å². The van der Waals surface area contributed by atoms with Crippen LogP contribution in [0.2, 0.25) is 0 Å². The van der Waals surface area contributed by atoms with Gasteiger partial charge in [0.05, 0.1) is 23.4 Å². The van der Waals surface area contributed by atoms with E-state index in [9.17, 15) is 29.1 Å². The molecule has 3 aromatic heterocycles. The third-order valence-electron chi connectivity index (χ3n) is 11.8. The Kier molecular flexibility index (Phi) is 11.0. The monoisotopic (exact) mass is 812 g/mol. The van der Waals surface area contributed by atoms with Gasteiger partial charge in [-0.15, -0.1) is 6.58 Å². The number of pyridine rings is 1. The number of amides is 4. The number of fused-ring (bicyclic) bond motifs is 3. The van der Waals surface area contributed by atoms with Crippen molar-refractivity contribution in [1.82, 2.24) is 34.5 Å². The van der Waals surface area contributed by atoms with Crippen molar-refractivity contribution in [3.63, 3.8) is 0 Å². The molecule has 1 unspecified atom stereocenters. The predicted molar refractivity (Wildman–Crippen MR) is 227 cm³/mol. The number of nitrogens with one attached hydrogen (secondary N) is 3. The molecule has 4 amide bonds. The predicted octanol–water partition coefficient (Wildman–Crippen LogP) is 4.96. The molecule has 0 bridgehead atoms. The number of hydrogen-bond acceptors (Lipinski definition) is 12. The van der Waals surface area contributed by atoms with E-state index in [1.165, 1.54) is 10.9 Å².